The Morgan fingerprint density at radius 2 is 2.25 bits per heavy atom. The number of aromatic carboxylic acids is 1. The van der Waals surface area contributed by atoms with Crippen molar-refractivity contribution in [3.8, 4) is 0 Å². The van der Waals surface area contributed by atoms with Crippen molar-refractivity contribution in [2.75, 3.05) is 5.75 Å². The number of thiophene rings is 1. The molecule has 90 valence electrons. The molecule has 1 heterocycles. The van der Waals surface area contributed by atoms with E-state index in [2.05, 4.69) is 13.8 Å². The van der Waals surface area contributed by atoms with Gasteiger partial charge < -0.3 is 5.11 Å². The molecule has 0 atom stereocenters. The van der Waals surface area contributed by atoms with Crippen LogP contribution in [0.15, 0.2) is 6.07 Å². The van der Waals surface area contributed by atoms with Crippen LogP contribution >= 0.6 is 23.1 Å². The maximum atomic E-state index is 10.8. The number of rotatable bonds is 6. The Kier molecular flexibility index (Phi) is 5.35. The van der Waals surface area contributed by atoms with Gasteiger partial charge in [0.05, 0.1) is 0 Å². The SMILES string of the molecule is Cc1sc(C(=O)O)cc1CSCCC(C)C. The Bertz CT molecular complexity index is 356. The van der Waals surface area contributed by atoms with E-state index >= 15 is 0 Å². The highest BCUT2D eigenvalue weighted by molar-refractivity contribution is 7.98. The molecule has 0 amide bonds. The van der Waals surface area contributed by atoms with E-state index in [0.29, 0.717) is 4.88 Å². The van der Waals surface area contributed by atoms with Crippen molar-refractivity contribution in [3.05, 3.63) is 21.4 Å². The summed E-state index contributed by atoms with van der Waals surface area (Å²) < 4.78 is 0. The molecule has 0 bridgehead atoms. The Hall–Kier alpha value is -0.480. The lowest BCUT2D eigenvalue weighted by molar-refractivity contribution is 0.0702. The Morgan fingerprint density at radius 1 is 1.56 bits per heavy atom. The van der Waals surface area contributed by atoms with E-state index in [-0.39, 0.29) is 0 Å². The molecule has 1 aromatic heterocycles. The molecule has 0 saturated heterocycles. The van der Waals surface area contributed by atoms with E-state index in [1.165, 1.54) is 23.3 Å². The van der Waals surface area contributed by atoms with Gasteiger partial charge in [0.1, 0.15) is 4.88 Å². The van der Waals surface area contributed by atoms with Crippen LogP contribution in [0.5, 0.6) is 0 Å². The lowest BCUT2D eigenvalue weighted by Crippen LogP contribution is -1.91. The standard InChI is InChI=1S/C12H18O2S2/c1-8(2)4-5-15-7-10-6-11(12(13)14)16-9(10)3/h6,8H,4-5,7H2,1-3H3,(H,13,14). The minimum atomic E-state index is -0.813. The second-order valence-electron chi connectivity index (χ2n) is 4.23. The average molecular weight is 258 g/mol. The molecule has 0 aliphatic heterocycles. The predicted octanol–water partition coefficient (Wildman–Crippen LogP) is 4.03. The van der Waals surface area contributed by atoms with Crippen LogP contribution in [0, 0.1) is 12.8 Å². The molecule has 0 fully saturated rings. The fourth-order valence-corrected chi connectivity index (χ4v) is 3.54. The number of carboxylic acid groups (broad SMARTS) is 1. The van der Waals surface area contributed by atoms with Gasteiger partial charge in [0.2, 0.25) is 0 Å². The molecule has 0 saturated carbocycles. The van der Waals surface area contributed by atoms with Gasteiger partial charge in [0.25, 0.3) is 0 Å². The molecule has 0 spiro atoms. The zero-order chi connectivity index (χ0) is 12.1. The van der Waals surface area contributed by atoms with Crippen LogP contribution in [-0.4, -0.2) is 16.8 Å². The van der Waals surface area contributed by atoms with Gasteiger partial charge in [-0.3, -0.25) is 0 Å². The van der Waals surface area contributed by atoms with Crippen molar-refractivity contribution in [1.82, 2.24) is 0 Å². The van der Waals surface area contributed by atoms with Gasteiger partial charge in [-0.25, -0.2) is 4.79 Å². The molecule has 1 aromatic rings. The monoisotopic (exact) mass is 258 g/mol. The van der Waals surface area contributed by atoms with Crippen LogP contribution in [0.25, 0.3) is 0 Å². The van der Waals surface area contributed by atoms with Crippen molar-refractivity contribution in [1.29, 1.82) is 0 Å². The van der Waals surface area contributed by atoms with Crippen LogP contribution in [0.3, 0.4) is 0 Å². The summed E-state index contributed by atoms with van der Waals surface area (Å²) >= 11 is 3.26. The summed E-state index contributed by atoms with van der Waals surface area (Å²) in [4.78, 5) is 12.4. The first-order chi connectivity index (χ1) is 7.50. The fourth-order valence-electron chi connectivity index (χ4n) is 1.27. The van der Waals surface area contributed by atoms with Crippen LogP contribution < -0.4 is 0 Å². The quantitative estimate of drug-likeness (QED) is 0.783. The number of carboxylic acids is 1. The first-order valence-electron chi connectivity index (χ1n) is 5.41. The van der Waals surface area contributed by atoms with Crippen molar-refractivity contribution in [2.45, 2.75) is 32.9 Å². The van der Waals surface area contributed by atoms with E-state index in [9.17, 15) is 4.79 Å². The highest BCUT2D eigenvalue weighted by Crippen LogP contribution is 2.26. The molecule has 4 heteroatoms. The lowest BCUT2D eigenvalue weighted by atomic mass is 10.2. The van der Waals surface area contributed by atoms with E-state index in [4.69, 9.17) is 5.11 Å². The number of hydrogen-bond donors (Lipinski definition) is 1. The van der Waals surface area contributed by atoms with Crippen molar-refractivity contribution in [3.63, 3.8) is 0 Å². The second kappa shape index (κ2) is 6.30. The highest BCUT2D eigenvalue weighted by Gasteiger charge is 2.10. The third kappa shape index (κ3) is 4.18. The smallest absolute Gasteiger partial charge is 0.345 e. The Labute approximate surface area is 105 Å². The Balaban J connectivity index is 2.45. The number of carbonyl (C=O) groups is 1. The zero-order valence-corrected chi connectivity index (χ0v) is 11.6. The lowest BCUT2D eigenvalue weighted by Gasteiger charge is -2.03. The molecule has 2 nitrogen and oxygen atoms in total. The molecule has 0 aromatic carbocycles. The second-order valence-corrected chi connectivity index (χ2v) is 6.59. The van der Waals surface area contributed by atoms with E-state index in [1.807, 2.05) is 24.8 Å². The summed E-state index contributed by atoms with van der Waals surface area (Å²) in [6, 6.07) is 1.81. The average Bonchev–Trinajstić information content (AvgIpc) is 2.55. The maximum absolute atomic E-state index is 10.8. The zero-order valence-electron chi connectivity index (χ0n) is 9.95. The minimum absolute atomic E-state index is 0.456. The Morgan fingerprint density at radius 3 is 2.75 bits per heavy atom. The molecule has 16 heavy (non-hydrogen) atoms. The van der Waals surface area contributed by atoms with Crippen molar-refractivity contribution < 1.29 is 9.90 Å². The van der Waals surface area contributed by atoms with Crippen LogP contribution in [0.4, 0.5) is 0 Å². The van der Waals surface area contributed by atoms with E-state index < -0.39 is 5.97 Å². The van der Waals surface area contributed by atoms with E-state index in [1.54, 1.807) is 0 Å². The minimum Gasteiger partial charge on any atom is -0.477 e. The van der Waals surface area contributed by atoms with Gasteiger partial charge >= 0.3 is 5.97 Å². The molecular formula is C12H18O2S2. The van der Waals surface area contributed by atoms with Gasteiger partial charge in [-0.1, -0.05) is 13.8 Å². The summed E-state index contributed by atoms with van der Waals surface area (Å²) in [5, 5.41) is 8.87. The van der Waals surface area contributed by atoms with Crippen LogP contribution in [0.1, 0.15) is 40.4 Å². The summed E-state index contributed by atoms with van der Waals surface area (Å²) in [7, 11) is 0. The molecule has 1 rings (SSSR count). The first kappa shape index (κ1) is 13.6. The number of aryl methyl sites for hydroxylation is 1. The largest absolute Gasteiger partial charge is 0.477 e. The summed E-state index contributed by atoms with van der Waals surface area (Å²) in [5.41, 5.74) is 1.18. The normalized spacial score (nSPS) is 11.0. The first-order valence-corrected chi connectivity index (χ1v) is 7.38. The maximum Gasteiger partial charge on any atom is 0.345 e. The van der Waals surface area contributed by atoms with Gasteiger partial charge in [-0.15, -0.1) is 11.3 Å². The number of thioether (sulfide) groups is 1. The van der Waals surface area contributed by atoms with Crippen molar-refractivity contribution in [2.24, 2.45) is 5.92 Å². The fraction of sp³-hybridized carbons (Fsp3) is 0.583. The van der Waals surface area contributed by atoms with Crippen molar-refractivity contribution >= 4 is 29.1 Å². The molecule has 0 unspecified atom stereocenters. The predicted molar refractivity (Wildman–Crippen MR) is 71.6 cm³/mol. The van der Waals surface area contributed by atoms with Gasteiger partial charge in [0, 0.05) is 10.6 Å². The van der Waals surface area contributed by atoms with Gasteiger partial charge in [-0.05, 0) is 36.6 Å². The third-order valence-corrected chi connectivity index (χ3v) is 4.45. The molecule has 0 radical (unpaired) electrons. The van der Waals surface area contributed by atoms with E-state index in [0.717, 1.165) is 22.3 Å². The summed E-state index contributed by atoms with van der Waals surface area (Å²) in [6.07, 6.45) is 1.22. The van der Waals surface area contributed by atoms with Gasteiger partial charge in [0.15, 0.2) is 0 Å². The topological polar surface area (TPSA) is 37.3 Å². The molecule has 0 aliphatic rings. The summed E-state index contributed by atoms with van der Waals surface area (Å²) in [6.45, 7) is 6.44. The summed E-state index contributed by atoms with van der Waals surface area (Å²) in [5.74, 6) is 2.01. The molecule has 0 aliphatic carbocycles. The van der Waals surface area contributed by atoms with Gasteiger partial charge in [-0.2, -0.15) is 11.8 Å². The van der Waals surface area contributed by atoms with Crippen LogP contribution in [0.2, 0.25) is 0 Å². The molecule has 1 N–H and O–H groups in total. The number of hydrogen-bond acceptors (Lipinski definition) is 3. The third-order valence-electron chi connectivity index (χ3n) is 2.33. The highest BCUT2D eigenvalue weighted by atomic mass is 32.2. The molecular weight excluding hydrogens is 240 g/mol. The van der Waals surface area contributed by atoms with Crippen LogP contribution in [-0.2, 0) is 5.75 Å².